The smallest absolute Gasteiger partial charge is 0.292 e. The van der Waals surface area contributed by atoms with Gasteiger partial charge in [0.05, 0.1) is 10.5 Å². The van der Waals surface area contributed by atoms with Gasteiger partial charge in [0.2, 0.25) is 0 Å². The number of nitro groups is 1. The molecule has 98 valence electrons. The minimum atomic E-state index is -0.589. The van der Waals surface area contributed by atoms with Crippen LogP contribution in [0.2, 0.25) is 0 Å². The zero-order chi connectivity index (χ0) is 13.7. The van der Waals surface area contributed by atoms with Crippen LogP contribution in [-0.2, 0) is 0 Å². The predicted octanol–water partition coefficient (Wildman–Crippen LogP) is 1.61. The van der Waals surface area contributed by atoms with Gasteiger partial charge in [-0.3, -0.25) is 14.9 Å². The third-order valence-electron chi connectivity index (χ3n) is 2.49. The highest BCUT2D eigenvalue weighted by Crippen LogP contribution is 2.25. The van der Waals surface area contributed by atoms with E-state index in [1.807, 2.05) is 6.26 Å². The molecule has 1 amide bonds. The highest BCUT2D eigenvalue weighted by molar-refractivity contribution is 7.98. The Kier molecular flexibility index (Phi) is 4.96. The zero-order valence-electron chi connectivity index (χ0n) is 10.3. The topological polar surface area (TPSA) is 89.5 Å². The number of anilines is 1. The Labute approximate surface area is 109 Å². The maximum absolute atomic E-state index is 12.1. The number of para-hydroxylation sites is 1. The fraction of sp³-hybridized carbons (Fsp3) is 0.364. The van der Waals surface area contributed by atoms with Crippen molar-refractivity contribution in [3.8, 4) is 0 Å². The van der Waals surface area contributed by atoms with E-state index in [4.69, 9.17) is 5.73 Å². The molecule has 0 unspecified atom stereocenters. The number of nitrogens with zero attached hydrogens (tertiary/aromatic N) is 2. The van der Waals surface area contributed by atoms with Crippen molar-refractivity contribution in [2.24, 2.45) is 0 Å². The number of hydrogen-bond donors (Lipinski definition) is 1. The second-order valence-corrected chi connectivity index (χ2v) is 4.70. The zero-order valence-corrected chi connectivity index (χ0v) is 11.1. The van der Waals surface area contributed by atoms with Gasteiger partial charge >= 0.3 is 0 Å². The van der Waals surface area contributed by atoms with Gasteiger partial charge in [0.1, 0.15) is 5.69 Å². The van der Waals surface area contributed by atoms with Crippen molar-refractivity contribution < 1.29 is 9.72 Å². The molecule has 0 fully saturated rings. The minimum absolute atomic E-state index is 0.0801. The Balaban J connectivity index is 2.99. The van der Waals surface area contributed by atoms with Gasteiger partial charge in [-0.05, 0) is 12.3 Å². The van der Waals surface area contributed by atoms with E-state index < -0.39 is 4.92 Å². The summed E-state index contributed by atoms with van der Waals surface area (Å²) >= 11 is 1.62. The molecular weight excluding hydrogens is 254 g/mol. The molecule has 0 aliphatic heterocycles. The van der Waals surface area contributed by atoms with Crippen LogP contribution in [0.4, 0.5) is 11.4 Å². The number of carbonyl (C=O) groups is 1. The van der Waals surface area contributed by atoms with Crippen LogP contribution >= 0.6 is 11.8 Å². The van der Waals surface area contributed by atoms with Gasteiger partial charge in [0.25, 0.3) is 11.6 Å². The van der Waals surface area contributed by atoms with Crippen molar-refractivity contribution in [1.29, 1.82) is 0 Å². The summed E-state index contributed by atoms with van der Waals surface area (Å²) in [5.41, 5.74) is 5.51. The minimum Gasteiger partial charge on any atom is -0.393 e. The molecule has 6 nitrogen and oxygen atoms in total. The number of benzene rings is 1. The molecule has 0 saturated heterocycles. The SMILES string of the molecule is CSCCN(C)C(=O)c1cccc([N+](=O)[O-])c1N. The molecule has 0 bridgehead atoms. The normalized spacial score (nSPS) is 10.1. The first kappa shape index (κ1) is 14.3. The molecule has 0 heterocycles. The lowest BCUT2D eigenvalue weighted by atomic mass is 10.1. The monoisotopic (exact) mass is 269 g/mol. The lowest BCUT2D eigenvalue weighted by Crippen LogP contribution is -2.29. The van der Waals surface area contributed by atoms with Gasteiger partial charge in [-0.15, -0.1) is 0 Å². The molecule has 0 aromatic heterocycles. The second kappa shape index (κ2) is 6.25. The molecule has 0 radical (unpaired) electrons. The van der Waals surface area contributed by atoms with Crippen molar-refractivity contribution in [3.63, 3.8) is 0 Å². The summed E-state index contributed by atoms with van der Waals surface area (Å²) in [5, 5.41) is 10.7. The number of thioether (sulfide) groups is 1. The number of nitrogen functional groups attached to an aromatic ring is 1. The summed E-state index contributed by atoms with van der Waals surface area (Å²) in [6.45, 7) is 0.572. The molecule has 0 spiro atoms. The van der Waals surface area contributed by atoms with Crippen molar-refractivity contribution in [1.82, 2.24) is 4.90 Å². The van der Waals surface area contributed by atoms with Crippen molar-refractivity contribution in [2.45, 2.75) is 0 Å². The first-order valence-electron chi connectivity index (χ1n) is 5.26. The van der Waals surface area contributed by atoms with Crippen LogP contribution in [0.5, 0.6) is 0 Å². The van der Waals surface area contributed by atoms with E-state index in [0.29, 0.717) is 6.54 Å². The van der Waals surface area contributed by atoms with Crippen molar-refractivity contribution in [2.75, 3.05) is 31.3 Å². The van der Waals surface area contributed by atoms with Gasteiger partial charge in [0, 0.05) is 25.4 Å². The highest BCUT2D eigenvalue weighted by atomic mass is 32.2. The maximum Gasteiger partial charge on any atom is 0.292 e. The number of nitro benzene ring substituents is 1. The molecule has 0 aliphatic rings. The van der Waals surface area contributed by atoms with Crippen LogP contribution in [-0.4, -0.2) is 41.3 Å². The van der Waals surface area contributed by atoms with Gasteiger partial charge in [-0.25, -0.2) is 0 Å². The van der Waals surface area contributed by atoms with E-state index in [1.165, 1.54) is 23.1 Å². The molecule has 0 atom stereocenters. The first-order chi connectivity index (χ1) is 8.49. The Morgan fingerprint density at radius 1 is 1.56 bits per heavy atom. The number of amides is 1. The summed E-state index contributed by atoms with van der Waals surface area (Å²) < 4.78 is 0. The molecule has 0 aliphatic carbocycles. The number of rotatable bonds is 5. The molecule has 2 N–H and O–H groups in total. The van der Waals surface area contributed by atoms with E-state index in [0.717, 1.165) is 5.75 Å². The van der Waals surface area contributed by atoms with Crippen LogP contribution in [0.25, 0.3) is 0 Å². The number of hydrogen-bond acceptors (Lipinski definition) is 5. The summed E-state index contributed by atoms with van der Waals surface area (Å²) in [7, 11) is 1.65. The highest BCUT2D eigenvalue weighted by Gasteiger charge is 2.20. The van der Waals surface area contributed by atoms with Gasteiger partial charge in [-0.1, -0.05) is 6.07 Å². The van der Waals surface area contributed by atoms with E-state index in [-0.39, 0.29) is 22.8 Å². The van der Waals surface area contributed by atoms with E-state index >= 15 is 0 Å². The molecule has 1 aromatic rings. The van der Waals surface area contributed by atoms with E-state index in [1.54, 1.807) is 18.8 Å². The van der Waals surface area contributed by atoms with Crippen molar-refractivity contribution in [3.05, 3.63) is 33.9 Å². The summed E-state index contributed by atoms with van der Waals surface area (Å²) in [6, 6.07) is 4.25. The number of carbonyl (C=O) groups excluding carboxylic acids is 1. The first-order valence-corrected chi connectivity index (χ1v) is 6.65. The lowest BCUT2D eigenvalue weighted by Gasteiger charge is -2.17. The average molecular weight is 269 g/mol. The fourth-order valence-electron chi connectivity index (χ4n) is 1.43. The van der Waals surface area contributed by atoms with Crippen LogP contribution in [0, 0.1) is 10.1 Å². The van der Waals surface area contributed by atoms with Gasteiger partial charge in [-0.2, -0.15) is 11.8 Å². The second-order valence-electron chi connectivity index (χ2n) is 3.71. The molecule has 1 rings (SSSR count). The van der Waals surface area contributed by atoms with Crippen molar-refractivity contribution >= 4 is 29.0 Å². The van der Waals surface area contributed by atoms with E-state index in [2.05, 4.69) is 0 Å². The fourth-order valence-corrected chi connectivity index (χ4v) is 1.89. The Hall–Kier alpha value is -1.76. The number of nitrogens with two attached hydrogens (primary N) is 1. The predicted molar refractivity (Wildman–Crippen MR) is 72.9 cm³/mol. The maximum atomic E-state index is 12.1. The Morgan fingerprint density at radius 2 is 2.22 bits per heavy atom. The lowest BCUT2D eigenvalue weighted by molar-refractivity contribution is -0.383. The largest absolute Gasteiger partial charge is 0.393 e. The van der Waals surface area contributed by atoms with Gasteiger partial charge < -0.3 is 10.6 Å². The van der Waals surface area contributed by atoms with Crippen LogP contribution in [0.3, 0.4) is 0 Å². The third kappa shape index (κ3) is 3.13. The van der Waals surface area contributed by atoms with Crippen LogP contribution in [0.15, 0.2) is 18.2 Å². The van der Waals surface area contributed by atoms with Crippen LogP contribution in [0.1, 0.15) is 10.4 Å². The average Bonchev–Trinajstić information content (AvgIpc) is 2.35. The molecule has 18 heavy (non-hydrogen) atoms. The summed E-state index contributed by atoms with van der Waals surface area (Å²) in [4.78, 5) is 23.7. The Bertz CT molecular complexity index is 465. The summed E-state index contributed by atoms with van der Waals surface area (Å²) in [5.74, 6) is 0.502. The third-order valence-corrected chi connectivity index (χ3v) is 3.08. The summed E-state index contributed by atoms with van der Waals surface area (Å²) in [6.07, 6.45) is 1.94. The Morgan fingerprint density at radius 3 is 2.78 bits per heavy atom. The quantitative estimate of drug-likeness (QED) is 0.498. The van der Waals surface area contributed by atoms with Crippen LogP contribution < -0.4 is 5.73 Å². The standard InChI is InChI=1S/C11H15N3O3S/c1-13(6-7-18-2)11(15)8-4-3-5-9(10(8)12)14(16)17/h3-5H,6-7,12H2,1-2H3. The molecular formula is C11H15N3O3S. The molecule has 0 saturated carbocycles. The van der Waals surface area contributed by atoms with E-state index in [9.17, 15) is 14.9 Å². The molecule has 7 heteroatoms. The molecule has 1 aromatic carbocycles. The van der Waals surface area contributed by atoms with Gasteiger partial charge in [0.15, 0.2) is 0 Å².